The fourth-order valence-electron chi connectivity index (χ4n) is 1.57. The van der Waals surface area contributed by atoms with E-state index in [9.17, 15) is 4.79 Å². The molecule has 0 aromatic carbocycles. The molecule has 0 aliphatic carbocycles. The van der Waals surface area contributed by atoms with Gasteiger partial charge in [-0.15, -0.1) is 0 Å². The average Bonchev–Trinajstić information content (AvgIpc) is 2.70. The lowest BCUT2D eigenvalue weighted by molar-refractivity contribution is 0.0906. The number of aliphatic hydroxyl groups excluding tert-OH is 1. The molecule has 0 radical (unpaired) electrons. The first-order valence-corrected chi connectivity index (χ1v) is 6.32. The van der Waals surface area contributed by atoms with Crippen molar-refractivity contribution in [3.63, 3.8) is 0 Å². The van der Waals surface area contributed by atoms with Crippen molar-refractivity contribution in [1.29, 1.82) is 0 Å². The predicted octanol–water partition coefficient (Wildman–Crippen LogP) is 1.29. The number of aryl methyl sites for hydroxylation is 1. The predicted molar refractivity (Wildman–Crippen MR) is 70.5 cm³/mol. The van der Waals surface area contributed by atoms with Crippen LogP contribution in [-0.4, -0.2) is 33.4 Å². The van der Waals surface area contributed by atoms with E-state index in [0.717, 1.165) is 5.69 Å². The molecule has 0 saturated heterocycles. The molecule has 102 valence electrons. The summed E-state index contributed by atoms with van der Waals surface area (Å²) < 4.78 is 1.60. The van der Waals surface area contributed by atoms with Gasteiger partial charge in [0.1, 0.15) is 5.69 Å². The van der Waals surface area contributed by atoms with Crippen molar-refractivity contribution in [2.45, 2.75) is 39.7 Å². The van der Waals surface area contributed by atoms with Crippen molar-refractivity contribution in [3.05, 3.63) is 17.5 Å². The molecule has 1 rings (SSSR count). The van der Waals surface area contributed by atoms with Crippen LogP contribution in [0.3, 0.4) is 0 Å². The Bertz CT molecular complexity index is 412. The number of nitrogens with zero attached hydrogens (tertiary/aromatic N) is 2. The Balaban J connectivity index is 2.78. The Morgan fingerprint density at radius 3 is 2.50 bits per heavy atom. The molecule has 0 spiro atoms. The summed E-state index contributed by atoms with van der Waals surface area (Å²) in [6, 6.07) is 1.75. The van der Waals surface area contributed by atoms with E-state index < -0.39 is 0 Å². The molecule has 2 atom stereocenters. The zero-order valence-electron chi connectivity index (χ0n) is 11.8. The van der Waals surface area contributed by atoms with Crippen LogP contribution in [0.4, 0.5) is 0 Å². The normalized spacial score (nSPS) is 14.6. The van der Waals surface area contributed by atoms with E-state index in [-0.39, 0.29) is 24.5 Å². The Hall–Kier alpha value is -1.36. The lowest BCUT2D eigenvalue weighted by atomic mass is 10.1. The van der Waals surface area contributed by atoms with Gasteiger partial charge >= 0.3 is 0 Å². The van der Waals surface area contributed by atoms with Crippen LogP contribution in [-0.2, 0) is 7.05 Å². The second-order valence-electron chi connectivity index (χ2n) is 5.15. The smallest absolute Gasteiger partial charge is 0.269 e. The number of aromatic nitrogens is 2. The Morgan fingerprint density at radius 2 is 2.06 bits per heavy atom. The van der Waals surface area contributed by atoms with Gasteiger partial charge in [-0.25, -0.2) is 0 Å². The number of carbonyl (C=O) groups is 1. The lowest BCUT2D eigenvalue weighted by Gasteiger charge is -2.19. The van der Waals surface area contributed by atoms with E-state index in [1.807, 2.05) is 33.8 Å². The quantitative estimate of drug-likeness (QED) is 0.831. The summed E-state index contributed by atoms with van der Waals surface area (Å²) in [6.45, 7) is 7.93. The molecule has 5 heteroatoms. The minimum absolute atomic E-state index is 0.0340. The third-order valence-corrected chi connectivity index (χ3v) is 3.22. The molecule has 0 saturated carbocycles. The van der Waals surface area contributed by atoms with Crippen molar-refractivity contribution in [1.82, 2.24) is 15.1 Å². The highest BCUT2D eigenvalue weighted by Crippen LogP contribution is 2.14. The fourth-order valence-corrected chi connectivity index (χ4v) is 1.57. The van der Waals surface area contributed by atoms with Crippen molar-refractivity contribution in [3.8, 4) is 0 Å². The largest absolute Gasteiger partial charge is 0.396 e. The SMILES string of the molecule is CC(C)c1cc(C(=O)NC(C)C(C)CO)n(C)n1. The van der Waals surface area contributed by atoms with E-state index in [2.05, 4.69) is 10.4 Å². The van der Waals surface area contributed by atoms with E-state index in [1.54, 1.807) is 11.7 Å². The third-order valence-electron chi connectivity index (χ3n) is 3.22. The fraction of sp³-hybridized carbons (Fsp3) is 0.692. The Morgan fingerprint density at radius 1 is 1.44 bits per heavy atom. The van der Waals surface area contributed by atoms with E-state index in [1.165, 1.54) is 0 Å². The van der Waals surface area contributed by atoms with Crippen LogP contribution in [0.1, 0.15) is 49.8 Å². The summed E-state index contributed by atoms with van der Waals surface area (Å²) in [5.74, 6) is 0.183. The maximum absolute atomic E-state index is 12.1. The minimum atomic E-state index is -0.148. The summed E-state index contributed by atoms with van der Waals surface area (Å²) in [4.78, 5) is 12.1. The third kappa shape index (κ3) is 3.32. The Labute approximate surface area is 108 Å². The number of nitrogens with one attached hydrogen (secondary N) is 1. The van der Waals surface area contributed by atoms with Gasteiger partial charge in [-0.1, -0.05) is 20.8 Å². The second-order valence-corrected chi connectivity index (χ2v) is 5.15. The zero-order chi connectivity index (χ0) is 13.9. The molecule has 0 aliphatic heterocycles. The van der Waals surface area contributed by atoms with Crippen molar-refractivity contribution < 1.29 is 9.90 Å². The number of hydrogen-bond acceptors (Lipinski definition) is 3. The summed E-state index contributed by atoms with van der Waals surface area (Å²) in [6.07, 6.45) is 0. The van der Waals surface area contributed by atoms with Gasteiger partial charge < -0.3 is 10.4 Å². The summed E-state index contributed by atoms with van der Waals surface area (Å²) in [5.41, 5.74) is 1.46. The lowest BCUT2D eigenvalue weighted by Crippen LogP contribution is -2.39. The summed E-state index contributed by atoms with van der Waals surface area (Å²) in [5, 5.41) is 16.2. The maximum atomic E-state index is 12.1. The molecule has 18 heavy (non-hydrogen) atoms. The van der Waals surface area contributed by atoms with Crippen LogP contribution < -0.4 is 5.32 Å². The van der Waals surface area contributed by atoms with Crippen LogP contribution in [0, 0.1) is 5.92 Å². The van der Waals surface area contributed by atoms with Crippen molar-refractivity contribution in [2.75, 3.05) is 6.61 Å². The minimum Gasteiger partial charge on any atom is -0.396 e. The molecular weight excluding hydrogens is 230 g/mol. The van der Waals surface area contributed by atoms with Gasteiger partial charge in [0, 0.05) is 19.7 Å². The van der Waals surface area contributed by atoms with E-state index in [0.29, 0.717) is 11.6 Å². The maximum Gasteiger partial charge on any atom is 0.269 e. The van der Waals surface area contributed by atoms with Gasteiger partial charge in [-0.2, -0.15) is 5.10 Å². The number of carbonyl (C=O) groups excluding carboxylic acids is 1. The number of hydrogen-bond donors (Lipinski definition) is 2. The summed E-state index contributed by atoms with van der Waals surface area (Å²) in [7, 11) is 1.76. The van der Waals surface area contributed by atoms with Gasteiger partial charge in [-0.3, -0.25) is 9.48 Å². The first-order chi connectivity index (χ1) is 8.36. The van der Waals surface area contributed by atoms with Gasteiger partial charge in [0.15, 0.2) is 0 Å². The average molecular weight is 253 g/mol. The van der Waals surface area contributed by atoms with E-state index >= 15 is 0 Å². The molecule has 0 bridgehead atoms. The van der Waals surface area contributed by atoms with Gasteiger partial charge in [0.2, 0.25) is 0 Å². The molecular formula is C13H23N3O2. The molecule has 0 fully saturated rings. The highest BCUT2D eigenvalue weighted by Gasteiger charge is 2.19. The van der Waals surface area contributed by atoms with Crippen molar-refractivity contribution >= 4 is 5.91 Å². The van der Waals surface area contributed by atoms with Gasteiger partial charge in [0.25, 0.3) is 5.91 Å². The van der Waals surface area contributed by atoms with Crippen LogP contribution >= 0.6 is 0 Å². The first-order valence-electron chi connectivity index (χ1n) is 6.32. The molecule has 1 amide bonds. The number of rotatable bonds is 5. The highest BCUT2D eigenvalue weighted by atomic mass is 16.3. The zero-order valence-corrected chi connectivity index (χ0v) is 11.8. The Kier molecular flexibility index (Phi) is 4.90. The van der Waals surface area contributed by atoms with Crippen LogP contribution in [0.2, 0.25) is 0 Å². The molecule has 1 aromatic rings. The van der Waals surface area contributed by atoms with Crippen LogP contribution in [0.15, 0.2) is 6.07 Å². The topological polar surface area (TPSA) is 67.2 Å². The molecule has 1 aromatic heterocycles. The molecule has 0 aliphatic rings. The van der Waals surface area contributed by atoms with Crippen LogP contribution in [0.5, 0.6) is 0 Å². The monoisotopic (exact) mass is 253 g/mol. The molecule has 2 unspecified atom stereocenters. The standard InChI is InChI=1S/C13H23N3O2/c1-8(2)11-6-12(16(5)15-11)13(18)14-10(4)9(3)7-17/h6,8-10,17H,7H2,1-5H3,(H,14,18). The number of amides is 1. The van der Waals surface area contributed by atoms with Crippen LogP contribution in [0.25, 0.3) is 0 Å². The molecule has 5 nitrogen and oxygen atoms in total. The van der Waals surface area contributed by atoms with E-state index in [4.69, 9.17) is 5.11 Å². The second kappa shape index (κ2) is 6.00. The highest BCUT2D eigenvalue weighted by molar-refractivity contribution is 5.92. The first kappa shape index (κ1) is 14.7. The molecule has 2 N–H and O–H groups in total. The summed E-state index contributed by atoms with van der Waals surface area (Å²) >= 11 is 0. The molecule has 1 heterocycles. The van der Waals surface area contributed by atoms with Gasteiger partial charge in [-0.05, 0) is 24.8 Å². The number of aliphatic hydroxyl groups is 1. The van der Waals surface area contributed by atoms with Gasteiger partial charge in [0.05, 0.1) is 5.69 Å². The van der Waals surface area contributed by atoms with Crippen molar-refractivity contribution in [2.24, 2.45) is 13.0 Å².